The molecule has 1 aliphatic heterocycles. The van der Waals surface area contributed by atoms with E-state index in [4.69, 9.17) is 16.6 Å². The molecule has 5 nitrogen and oxygen atoms in total. The van der Waals surface area contributed by atoms with Gasteiger partial charge in [-0.2, -0.15) is 0 Å². The highest BCUT2D eigenvalue weighted by Crippen LogP contribution is 2.34. The second kappa shape index (κ2) is 8.05. The summed E-state index contributed by atoms with van der Waals surface area (Å²) in [5.41, 5.74) is 4.64. The number of sulfone groups is 1. The zero-order valence-electron chi connectivity index (χ0n) is 17.0. The molecule has 0 saturated carbocycles. The quantitative estimate of drug-likeness (QED) is 0.590. The molecule has 160 valence electrons. The first-order valence-corrected chi connectivity index (χ1v) is 11.9. The van der Waals surface area contributed by atoms with Gasteiger partial charge in [-0.05, 0) is 41.0 Å². The fraction of sp³-hybridized carbons (Fsp3) is 0.217. The van der Waals surface area contributed by atoms with Gasteiger partial charge < -0.3 is 4.57 Å². The summed E-state index contributed by atoms with van der Waals surface area (Å²) in [5, 5.41) is 0.225. The van der Waals surface area contributed by atoms with E-state index in [0.29, 0.717) is 16.8 Å². The van der Waals surface area contributed by atoms with E-state index in [2.05, 4.69) is 0 Å². The van der Waals surface area contributed by atoms with E-state index >= 15 is 0 Å². The van der Waals surface area contributed by atoms with Gasteiger partial charge in [0.25, 0.3) is 5.56 Å². The molecule has 2 aromatic carbocycles. The predicted molar refractivity (Wildman–Crippen MR) is 121 cm³/mol. The average molecular weight is 459 g/mol. The summed E-state index contributed by atoms with van der Waals surface area (Å²) in [4.78, 5) is 16.9. The number of aliphatic imine (C=N–C) groups is 1. The first-order chi connectivity index (χ1) is 14.7. The maximum atomic E-state index is 13.6. The molecule has 0 radical (unpaired) electrons. The van der Waals surface area contributed by atoms with Crippen LogP contribution in [0, 0.1) is 5.82 Å². The minimum absolute atomic E-state index is 0.0487. The SMILES string of the molecule is CCS(=O)(=O)Cc1ccc2c(c1)-c1cn(C)c(=O)cc1CN=C2c1ccc(F)cc1Cl. The van der Waals surface area contributed by atoms with Gasteiger partial charge in [0.2, 0.25) is 0 Å². The Morgan fingerprint density at radius 3 is 2.52 bits per heavy atom. The van der Waals surface area contributed by atoms with Crippen LogP contribution < -0.4 is 5.56 Å². The zero-order valence-corrected chi connectivity index (χ0v) is 18.6. The van der Waals surface area contributed by atoms with Crippen LogP contribution in [-0.4, -0.2) is 24.4 Å². The molecule has 8 heteroatoms. The van der Waals surface area contributed by atoms with Crippen LogP contribution >= 0.6 is 11.6 Å². The number of hydrogen-bond acceptors (Lipinski definition) is 4. The maximum Gasteiger partial charge on any atom is 0.250 e. The van der Waals surface area contributed by atoms with Crippen LogP contribution in [0.1, 0.15) is 29.2 Å². The number of hydrogen-bond donors (Lipinski definition) is 0. The number of aryl methyl sites for hydroxylation is 1. The third-order valence-corrected chi connectivity index (χ3v) is 7.33. The standard InChI is InChI=1S/C23H20ClFN2O3S/c1-3-31(29,30)13-14-4-6-17-19(8-14)20-12-27(2)22(28)9-15(20)11-26-23(17)18-7-5-16(25)10-21(18)24/h4-10,12H,3,11,13H2,1-2H3. The van der Waals surface area contributed by atoms with Crippen molar-refractivity contribution in [3.63, 3.8) is 0 Å². The summed E-state index contributed by atoms with van der Waals surface area (Å²) in [6, 6.07) is 11.1. The Bertz CT molecular complexity index is 1390. The van der Waals surface area contributed by atoms with Crippen LogP contribution in [0.5, 0.6) is 0 Å². The van der Waals surface area contributed by atoms with Crippen LogP contribution in [0.2, 0.25) is 5.02 Å². The maximum absolute atomic E-state index is 13.6. The molecule has 0 N–H and O–H groups in total. The van der Waals surface area contributed by atoms with Crippen molar-refractivity contribution < 1.29 is 12.8 Å². The predicted octanol–water partition coefficient (Wildman–Crippen LogP) is 4.13. The number of rotatable bonds is 4. The van der Waals surface area contributed by atoms with Crippen molar-refractivity contribution in [2.45, 2.75) is 19.2 Å². The molecule has 2 heterocycles. The van der Waals surface area contributed by atoms with Crippen molar-refractivity contribution in [2.75, 3.05) is 5.75 Å². The molecule has 0 saturated heterocycles. The average Bonchev–Trinajstić information content (AvgIpc) is 2.85. The summed E-state index contributed by atoms with van der Waals surface area (Å²) in [6.07, 6.45) is 1.74. The summed E-state index contributed by atoms with van der Waals surface area (Å²) in [7, 11) is -1.56. The molecule has 0 amide bonds. The van der Waals surface area contributed by atoms with Crippen LogP contribution in [0.25, 0.3) is 11.1 Å². The molecule has 0 unspecified atom stereocenters. The highest BCUT2D eigenvalue weighted by molar-refractivity contribution is 7.90. The van der Waals surface area contributed by atoms with Crippen LogP contribution in [0.4, 0.5) is 4.39 Å². The van der Waals surface area contributed by atoms with Crippen molar-refractivity contribution in [2.24, 2.45) is 12.0 Å². The van der Waals surface area contributed by atoms with E-state index in [1.54, 1.807) is 32.3 Å². The molecule has 0 atom stereocenters. The van der Waals surface area contributed by atoms with Gasteiger partial charge in [-0.3, -0.25) is 9.79 Å². The van der Waals surface area contributed by atoms with Crippen LogP contribution in [0.3, 0.4) is 0 Å². The van der Waals surface area contributed by atoms with Gasteiger partial charge in [-0.15, -0.1) is 0 Å². The molecular formula is C23H20ClFN2O3S. The normalized spacial score (nSPS) is 13.2. The smallest absolute Gasteiger partial charge is 0.250 e. The van der Waals surface area contributed by atoms with Crippen LogP contribution in [0.15, 0.2) is 58.4 Å². The topological polar surface area (TPSA) is 68.5 Å². The third kappa shape index (κ3) is 4.20. The highest BCUT2D eigenvalue weighted by atomic mass is 35.5. The molecule has 0 aliphatic carbocycles. The second-order valence-corrected chi connectivity index (χ2v) is 10.3. The Labute approximate surface area is 184 Å². The van der Waals surface area contributed by atoms with E-state index < -0.39 is 15.7 Å². The Kier molecular flexibility index (Phi) is 5.58. The first kappa shape index (κ1) is 21.5. The summed E-state index contributed by atoms with van der Waals surface area (Å²) in [6.45, 7) is 1.86. The van der Waals surface area contributed by atoms with Gasteiger partial charge in [0.15, 0.2) is 9.84 Å². The van der Waals surface area contributed by atoms with Crippen molar-refractivity contribution in [3.8, 4) is 11.1 Å². The number of benzene rings is 2. The molecule has 3 aromatic rings. The lowest BCUT2D eigenvalue weighted by atomic mass is 9.92. The fourth-order valence-corrected chi connectivity index (χ4v) is 4.82. The van der Waals surface area contributed by atoms with Gasteiger partial charge in [-0.1, -0.05) is 30.7 Å². The van der Waals surface area contributed by atoms with E-state index in [1.165, 1.54) is 22.8 Å². The van der Waals surface area contributed by atoms with Gasteiger partial charge in [0.05, 0.1) is 23.0 Å². The number of nitrogens with zero attached hydrogens (tertiary/aromatic N) is 2. The van der Waals surface area contributed by atoms with E-state index in [0.717, 1.165) is 22.3 Å². The molecule has 1 aliphatic rings. The zero-order chi connectivity index (χ0) is 22.3. The van der Waals surface area contributed by atoms with E-state index in [-0.39, 0.29) is 28.6 Å². The van der Waals surface area contributed by atoms with Crippen molar-refractivity contribution in [1.29, 1.82) is 0 Å². The molecule has 4 rings (SSSR count). The summed E-state index contributed by atoms with van der Waals surface area (Å²) in [5.74, 6) is -0.482. The Morgan fingerprint density at radius 1 is 1.06 bits per heavy atom. The summed E-state index contributed by atoms with van der Waals surface area (Å²) >= 11 is 6.33. The fourth-order valence-electron chi connectivity index (χ4n) is 3.67. The third-order valence-electron chi connectivity index (χ3n) is 5.36. The molecular weight excluding hydrogens is 439 g/mol. The van der Waals surface area contributed by atoms with Gasteiger partial charge in [-0.25, -0.2) is 12.8 Å². The molecule has 0 spiro atoms. The molecule has 1 aromatic heterocycles. The van der Waals surface area contributed by atoms with Gasteiger partial charge in [0.1, 0.15) is 5.82 Å². The van der Waals surface area contributed by atoms with Crippen LogP contribution in [-0.2, 0) is 29.2 Å². The lowest BCUT2D eigenvalue weighted by Crippen LogP contribution is -2.16. The lowest BCUT2D eigenvalue weighted by molar-refractivity contribution is 0.596. The Morgan fingerprint density at radius 2 is 1.81 bits per heavy atom. The molecule has 31 heavy (non-hydrogen) atoms. The van der Waals surface area contributed by atoms with Crippen molar-refractivity contribution in [3.05, 3.63) is 92.1 Å². The first-order valence-electron chi connectivity index (χ1n) is 9.72. The second-order valence-electron chi connectivity index (χ2n) is 7.51. The Hall–Kier alpha value is -2.77. The monoisotopic (exact) mass is 458 g/mol. The van der Waals surface area contributed by atoms with Crippen molar-refractivity contribution in [1.82, 2.24) is 4.57 Å². The molecule has 0 fully saturated rings. The number of pyridine rings is 1. The number of aromatic nitrogens is 1. The van der Waals surface area contributed by atoms with Gasteiger partial charge >= 0.3 is 0 Å². The largest absolute Gasteiger partial charge is 0.318 e. The summed E-state index contributed by atoms with van der Waals surface area (Å²) < 4.78 is 39.5. The number of halogens is 2. The van der Waals surface area contributed by atoms with Gasteiger partial charge in [0, 0.05) is 41.8 Å². The van der Waals surface area contributed by atoms with E-state index in [1.807, 2.05) is 12.1 Å². The van der Waals surface area contributed by atoms with Crippen molar-refractivity contribution >= 4 is 27.1 Å². The minimum Gasteiger partial charge on any atom is -0.318 e. The number of fused-ring (bicyclic) bond motifs is 3. The van der Waals surface area contributed by atoms with E-state index in [9.17, 15) is 17.6 Å². The minimum atomic E-state index is -3.23. The lowest BCUT2D eigenvalue weighted by Gasteiger charge is -2.15. The highest BCUT2D eigenvalue weighted by Gasteiger charge is 2.23. The Balaban J connectivity index is 1.98. The molecule has 0 bridgehead atoms.